The average Bonchev–Trinajstić information content (AvgIpc) is 2.68. The molecule has 2 aromatic rings. The van der Waals surface area contributed by atoms with Gasteiger partial charge in [0.2, 0.25) is 0 Å². The SMILES string of the molecule is NCCCCC(NC(=O)Nc1ccc(OCc2ccc(F)cc2)cc1)C(=O)O. The molecule has 0 aliphatic heterocycles. The van der Waals surface area contributed by atoms with Crippen LogP contribution in [0.1, 0.15) is 24.8 Å². The van der Waals surface area contributed by atoms with Gasteiger partial charge in [0, 0.05) is 5.69 Å². The number of carbonyl (C=O) groups is 2. The summed E-state index contributed by atoms with van der Waals surface area (Å²) in [4.78, 5) is 23.2. The van der Waals surface area contributed by atoms with Crippen LogP contribution in [0.5, 0.6) is 5.75 Å². The summed E-state index contributed by atoms with van der Waals surface area (Å²) in [5.74, 6) is -0.806. The molecular weight excluding hydrogens is 365 g/mol. The van der Waals surface area contributed by atoms with Gasteiger partial charge in [-0.1, -0.05) is 12.1 Å². The first-order chi connectivity index (χ1) is 13.5. The van der Waals surface area contributed by atoms with Crippen LogP contribution in [-0.2, 0) is 11.4 Å². The maximum Gasteiger partial charge on any atom is 0.326 e. The van der Waals surface area contributed by atoms with Crippen molar-refractivity contribution < 1.29 is 23.8 Å². The van der Waals surface area contributed by atoms with Crippen molar-refractivity contribution in [1.82, 2.24) is 5.32 Å². The first-order valence-electron chi connectivity index (χ1n) is 8.95. The molecule has 0 saturated heterocycles. The quantitative estimate of drug-likeness (QED) is 0.466. The van der Waals surface area contributed by atoms with E-state index in [2.05, 4.69) is 10.6 Å². The number of benzene rings is 2. The average molecular weight is 389 g/mol. The Bertz CT molecular complexity index is 766. The van der Waals surface area contributed by atoms with E-state index in [1.807, 2.05) is 0 Å². The number of hydrogen-bond donors (Lipinski definition) is 4. The molecule has 0 heterocycles. The van der Waals surface area contributed by atoms with Gasteiger partial charge < -0.3 is 26.2 Å². The summed E-state index contributed by atoms with van der Waals surface area (Å²) in [6.45, 7) is 0.769. The Kier molecular flexibility index (Phi) is 8.23. The van der Waals surface area contributed by atoms with Crippen LogP contribution in [0.4, 0.5) is 14.9 Å². The van der Waals surface area contributed by atoms with Crippen LogP contribution in [0.3, 0.4) is 0 Å². The highest BCUT2D eigenvalue weighted by molar-refractivity contribution is 5.92. The molecule has 1 unspecified atom stereocenters. The number of carboxylic acid groups (broad SMARTS) is 1. The third-order valence-electron chi connectivity index (χ3n) is 3.98. The molecule has 2 rings (SSSR count). The maximum atomic E-state index is 12.9. The Morgan fingerprint density at radius 3 is 2.36 bits per heavy atom. The Morgan fingerprint density at radius 1 is 1.07 bits per heavy atom. The van der Waals surface area contributed by atoms with Crippen molar-refractivity contribution in [3.05, 3.63) is 59.9 Å². The zero-order valence-electron chi connectivity index (χ0n) is 15.4. The van der Waals surface area contributed by atoms with Gasteiger partial charge >= 0.3 is 12.0 Å². The Morgan fingerprint density at radius 2 is 1.75 bits per heavy atom. The predicted octanol–water partition coefficient (Wildman–Crippen LogP) is 3.11. The molecule has 0 aromatic heterocycles. The van der Waals surface area contributed by atoms with Gasteiger partial charge in [0.25, 0.3) is 0 Å². The molecule has 0 saturated carbocycles. The van der Waals surface area contributed by atoms with Crippen LogP contribution < -0.4 is 21.1 Å². The fourth-order valence-electron chi connectivity index (χ4n) is 2.46. The summed E-state index contributed by atoms with van der Waals surface area (Å²) >= 11 is 0. The normalized spacial score (nSPS) is 11.5. The number of nitrogens with one attached hydrogen (secondary N) is 2. The van der Waals surface area contributed by atoms with Gasteiger partial charge in [-0.25, -0.2) is 14.0 Å². The molecule has 1 atom stereocenters. The van der Waals surface area contributed by atoms with Gasteiger partial charge in [0.05, 0.1) is 0 Å². The number of ether oxygens (including phenoxy) is 1. The molecule has 0 bridgehead atoms. The molecule has 28 heavy (non-hydrogen) atoms. The van der Waals surface area contributed by atoms with Crippen molar-refractivity contribution in [3.63, 3.8) is 0 Å². The standard InChI is InChI=1S/C20H24FN3O4/c21-15-6-4-14(5-7-15)13-28-17-10-8-16(9-11-17)23-20(27)24-18(19(25)26)3-1-2-12-22/h4-11,18H,1-3,12-13,22H2,(H,25,26)(H2,23,24,27). The first kappa shape index (κ1) is 21.2. The van der Waals surface area contributed by atoms with E-state index in [-0.39, 0.29) is 12.4 Å². The minimum atomic E-state index is -1.09. The lowest BCUT2D eigenvalue weighted by Gasteiger charge is -2.15. The number of nitrogens with two attached hydrogens (primary N) is 1. The third kappa shape index (κ3) is 7.24. The van der Waals surface area contributed by atoms with Gasteiger partial charge in [-0.05, 0) is 67.8 Å². The van der Waals surface area contributed by atoms with E-state index >= 15 is 0 Å². The number of urea groups is 1. The summed E-state index contributed by atoms with van der Waals surface area (Å²) < 4.78 is 18.5. The summed E-state index contributed by atoms with van der Waals surface area (Å²) in [6.07, 6.45) is 1.64. The lowest BCUT2D eigenvalue weighted by molar-refractivity contribution is -0.139. The number of carbonyl (C=O) groups excluding carboxylic acids is 1. The summed E-state index contributed by atoms with van der Waals surface area (Å²) in [5.41, 5.74) is 6.72. The second-order valence-electron chi connectivity index (χ2n) is 6.21. The number of rotatable bonds is 10. The number of aliphatic carboxylic acids is 1. The Balaban J connectivity index is 1.82. The van der Waals surface area contributed by atoms with E-state index < -0.39 is 18.0 Å². The summed E-state index contributed by atoms with van der Waals surface area (Å²) in [5, 5.41) is 14.2. The topological polar surface area (TPSA) is 114 Å². The number of unbranched alkanes of at least 4 members (excludes halogenated alkanes) is 1. The number of carboxylic acids is 1. The molecule has 8 heteroatoms. The number of amides is 2. The zero-order chi connectivity index (χ0) is 20.4. The van der Waals surface area contributed by atoms with Crippen LogP contribution in [0.15, 0.2) is 48.5 Å². The first-order valence-corrected chi connectivity index (χ1v) is 8.95. The molecule has 0 spiro atoms. The number of anilines is 1. The molecule has 2 aromatic carbocycles. The fourth-order valence-corrected chi connectivity index (χ4v) is 2.46. The highest BCUT2D eigenvalue weighted by atomic mass is 19.1. The van der Waals surface area contributed by atoms with Crippen molar-refractivity contribution in [1.29, 1.82) is 0 Å². The second kappa shape index (κ2) is 10.9. The van der Waals surface area contributed by atoms with Crippen LogP contribution in [0.2, 0.25) is 0 Å². The van der Waals surface area contributed by atoms with Crippen LogP contribution >= 0.6 is 0 Å². The Labute approximate surface area is 162 Å². The zero-order valence-corrected chi connectivity index (χ0v) is 15.4. The summed E-state index contributed by atoms with van der Waals surface area (Å²) in [6, 6.07) is 11.1. The van der Waals surface area contributed by atoms with Gasteiger partial charge in [-0.2, -0.15) is 0 Å². The van der Waals surface area contributed by atoms with Crippen molar-refractivity contribution in [2.24, 2.45) is 5.73 Å². The predicted molar refractivity (Wildman–Crippen MR) is 104 cm³/mol. The molecule has 0 radical (unpaired) electrons. The summed E-state index contributed by atoms with van der Waals surface area (Å²) in [7, 11) is 0. The fraction of sp³-hybridized carbons (Fsp3) is 0.300. The van der Waals surface area contributed by atoms with Crippen LogP contribution in [0.25, 0.3) is 0 Å². The smallest absolute Gasteiger partial charge is 0.326 e. The van der Waals surface area contributed by atoms with Crippen molar-refractivity contribution in [2.45, 2.75) is 31.9 Å². The molecule has 7 nitrogen and oxygen atoms in total. The molecule has 2 amide bonds. The number of halogens is 1. The molecular formula is C20H24FN3O4. The molecule has 150 valence electrons. The van der Waals surface area contributed by atoms with E-state index in [9.17, 15) is 19.1 Å². The van der Waals surface area contributed by atoms with Gasteiger partial charge in [0.1, 0.15) is 24.2 Å². The maximum absolute atomic E-state index is 12.9. The molecule has 0 aliphatic carbocycles. The van der Waals surface area contributed by atoms with E-state index in [4.69, 9.17) is 10.5 Å². The van der Waals surface area contributed by atoms with Crippen LogP contribution in [0, 0.1) is 5.82 Å². The third-order valence-corrected chi connectivity index (χ3v) is 3.98. The highest BCUT2D eigenvalue weighted by Gasteiger charge is 2.19. The minimum Gasteiger partial charge on any atom is -0.489 e. The van der Waals surface area contributed by atoms with Gasteiger partial charge in [-0.3, -0.25) is 0 Å². The van der Waals surface area contributed by atoms with Crippen molar-refractivity contribution >= 4 is 17.7 Å². The van der Waals surface area contributed by atoms with E-state index in [0.29, 0.717) is 37.2 Å². The number of hydrogen-bond acceptors (Lipinski definition) is 4. The van der Waals surface area contributed by atoms with Crippen molar-refractivity contribution in [2.75, 3.05) is 11.9 Å². The van der Waals surface area contributed by atoms with E-state index in [1.54, 1.807) is 36.4 Å². The van der Waals surface area contributed by atoms with Gasteiger partial charge in [0.15, 0.2) is 0 Å². The van der Waals surface area contributed by atoms with E-state index in [0.717, 1.165) is 5.56 Å². The second-order valence-corrected chi connectivity index (χ2v) is 6.21. The lowest BCUT2D eigenvalue weighted by atomic mass is 10.1. The van der Waals surface area contributed by atoms with Crippen molar-refractivity contribution in [3.8, 4) is 5.75 Å². The molecule has 0 fully saturated rings. The monoisotopic (exact) mass is 389 g/mol. The van der Waals surface area contributed by atoms with Gasteiger partial charge in [-0.15, -0.1) is 0 Å². The largest absolute Gasteiger partial charge is 0.489 e. The molecule has 5 N–H and O–H groups in total. The molecule has 0 aliphatic rings. The highest BCUT2D eigenvalue weighted by Crippen LogP contribution is 2.17. The minimum absolute atomic E-state index is 0.288. The van der Waals surface area contributed by atoms with Crippen LogP contribution in [-0.4, -0.2) is 29.7 Å². The lowest BCUT2D eigenvalue weighted by Crippen LogP contribution is -2.43. The van der Waals surface area contributed by atoms with E-state index in [1.165, 1.54) is 12.1 Å². The Hall–Kier alpha value is -3.13.